The largest absolute Gasteiger partial charge is 0.497 e. The topological polar surface area (TPSA) is 62.7 Å². The van der Waals surface area contributed by atoms with Gasteiger partial charge in [-0.25, -0.2) is 4.99 Å². The second-order valence-electron chi connectivity index (χ2n) is 6.13. The smallest absolute Gasteiger partial charge is 0.231 e. The normalized spacial score (nSPS) is 19.3. The van der Waals surface area contributed by atoms with Crippen LogP contribution in [0.4, 0.5) is 0 Å². The Morgan fingerprint density at radius 3 is 2.54 bits per heavy atom. The van der Waals surface area contributed by atoms with E-state index in [0.29, 0.717) is 11.7 Å². The number of nitrogens with one attached hydrogen (secondary N) is 2. The molecule has 2 aromatic rings. The summed E-state index contributed by atoms with van der Waals surface area (Å²) >= 11 is 5.22. The monoisotopic (exact) mass is 367 g/mol. The van der Waals surface area contributed by atoms with Crippen molar-refractivity contribution < 1.29 is 9.53 Å². The first-order valence-electron chi connectivity index (χ1n) is 8.40. The van der Waals surface area contributed by atoms with Crippen molar-refractivity contribution in [2.45, 2.75) is 19.5 Å². The fourth-order valence-corrected chi connectivity index (χ4v) is 3.31. The highest BCUT2D eigenvalue weighted by Gasteiger charge is 2.35. The molecule has 1 amide bonds. The number of carbonyl (C=O) groups excluding carboxylic acids is 1. The molecule has 2 atom stereocenters. The summed E-state index contributed by atoms with van der Waals surface area (Å²) in [4.78, 5) is 17.2. The number of aliphatic imine (C=N–C) groups is 1. The van der Waals surface area contributed by atoms with Gasteiger partial charge in [0, 0.05) is 12.3 Å². The van der Waals surface area contributed by atoms with Gasteiger partial charge in [-0.15, -0.1) is 0 Å². The molecule has 1 aliphatic heterocycles. The number of carbonyl (C=O) groups is 1. The Labute approximate surface area is 158 Å². The first kappa shape index (κ1) is 18.1. The summed E-state index contributed by atoms with van der Waals surface area (Å²) in [5.41, 5.74) is 2.73. The molecule has 6 heteroatoms. The minimum atomic E-state index is -0.414. The van der Waals surface area contributed by atoms with Gasteiger partial charge in [-0.2, -0.15) is 0 Å². The number of amides is 1. The Morgan fingerprint density at radius 1 is 1.19 bits per heavy atom. The predicted octanol–water partition coefficient (Wildman–Crippen LogP) is 3.02. The molecule has 1 heterocycles. The second-order valence-corrected chi connectivity index (χ2v) is 6.52. The molecule has 0 fully saturated rings. The molecule has 2 aromatic carbocycles. The van der Waals surface area contributed by atoms with Crippen LogP contribution in [0, 0.1) is 5.92 Å². The van der Waals surface area contributed by atoms with E-state index in [4.69, 9.17) is 17.0 Å². The lowest BCUT2D eigenvalue weighted by Crippen LogP contribution is -2.47. The number of ether oxygens (including phenoxy) is 1. The maximum atomic E-state index is 12.9. The maximum absolute atomic E-state index is 12.9. The zero-order valence-corrected chi connectivity index (χ0v) is 15.5. The summed E-state index contributed by atoms with van der Waals surface area (Å²) in [5, 5.41) is 6.59. The summed E-state index contributed by atoms with van der Waals surface area (Å²) in [6.45, 7) is 2.29. The number of rotatable bonds is 5. The number of hydrogen-bond donors (Lipinski definition) is 2. The Balaban J connectivity index is 1.75. The van der Waals surface area contributed by atoms with Crippen molar-refractivity contribution in [3.63, 3.8) is 0 Å². The van der Waals surface area contributed by atoms with Crippen molar-refractivity contribution in [1.82, 2.24) is 10.6 Å². The number of nitrogens with zero attached hydrogens (tertiary/aromatic N) is 1. The van der Waals surface area contributed by atoms with Crippen molar-refractivity contribution in [1.29, 1.82) is 0 Å². The first-order chi connectivity index (χ1) is 12.6. The number of hydrogen-bond acceptors (Lipinski definition) is 3. The molecule has 0 radical (unpaired) electrons. The van der Waals surface area contributed by atoms with Crippen molar-refractivity contribution in [2.24, 2.45) is 10.9 Å². The first-order valence-corrected chi connectivity index (χ1v) is 8.80. The molecular formula is C20H21N3O2S. The molecule has 0 saturated heterocycles. The van der Waals surface area contributed by atoms with E-state index >= 15 is 0 Å². The summed E-state index contributed by atoms with van der Waals surface area (Å²) in [7, 11) is 1.63. The Bertz CT molecular complexity index is 819. The van der Waals surface area contributed by atoms with Crippen LogP contribution in [-0.2, 0) is 11.3 Å². The van der Waals surface area contributed by atoms with E-state index < -0.39 is 5.92 Å². The van der Waals surface area contributed by atoms with Gasteiger partial charge in [-0.3, -0.25) is 4.79 Å². The lowest BCUT2D eigenvalue weighted by Gasteiger charge is -2.31. The van der Waals surface area contributed by atoms with Gasteiger partial charge in [-0.05, 0) is 42.4 Å². The third-order valence-corrected chi connectivity index (χ3v) is 4.62. The number of benzene rings is 2. The summed E-state index contributed by atoms with van der Waals surface area (Å²) in [6, 6.07) is 17.2. The highest BCUT2D eigenvalue weighted by atomic mass is 32.1. The summed E-state index contributed by atoms with van der Waals surface area (Å²) < 4.78 is 5.15. The highest BCUT2D eigenvalue weighted by molar-refractivity contribution is 7.80. The molecule has 134 valence electrons. The molecule has 5 nitrogen and oxygen atoms in total. The van der Waals surface area contributed by atoms with E-state index in [1.807, 2.05) is 61.5 Å². The van der Waals surface area contributed by atoms with Crippen molar-refractivity contribution in [2.75, 3.05) is 7.11 Å². The van der Waals surface area contributed by atoms with Crippen LogP contribution in [0.3, 0.4) is 0 Å². The highest BCUT2D eigenvalue weighted by Crippen LogP contribution is 2.27. The molecule has 3 rings (SSSR count). The molecule has 2 N–H and O–H groups in total. The van der Waals surface area contributed by atoms with E-state index in [2.05, 4.69) is 15.6 Å². The van der Waals surface area contributed by atoms with Gasteiger partial charge in [0.15, 0.2) is 5.11 Å². The second kappa shape index (κ2) is 8.10. The molecular weight excluding hydrogens is 346 g/mol. The number of methoxy groups -OCH3 is 1. The van der Waals surface area contributed by atoms with Crippen molar-refractivity contribution >= 4 is 28.9 Å². The van der Waals surface area contributed by atoms with E-state index in [9.17, 15) is 4.79 Å². The lowest BCUT2D eigenvalue weighted by molar-refractivity contribution is -0.123. The average molecular weight is 367 g/mol. The van der Waals surface area contributed by atoms with Crippen LogP contribution in [0.2, 0.25) is 0 Å². The van der Waals surface area contributed by atoms with Gasteiger partial charge < -0.3 is 15.4 Å². The minimum absolute atomic E-state index is 0.0779. The number of thiocarbonyl (C=S) groups is 1. The zero-order chi connectivity index (χ0) is 18.5. The quantitative estimate of drug-likeness (QED) is 0.798. The van der Waals surface area contributed by atoms with Crippen LogP contribution < -0.4 is 15.4 Å². The lowest BCUT2D eigenvalue weighted by atomic mass is 9.87. The molecule has 0 aliphatic carbocycles. The zero-order valence-electron chi connectivity index (χ0n) is 14.7. The van der Waals surface area contributed by atoms with E-state index in [1.165, 1.54) is 0 Å². The van der Waals surface area contributed by atoms with E-state index in [1.54, 1.807) is 7.11 Å². The van der Waals surface area contributed by atoms with Crippen molar-refractivity contribution in [3.8, 4) is 5.75 Å². The SMILES string of the molecule is COc1ccc(CNC(=O)C2C(C)=NC(=S)NC2c2ccccc2)cc1. The predicted molar refractivity (Wildman–Crippen MR) is 106 cm³/mol. The third-order valence-electron chi connectivity index (χ3n) is 4.41. The molecule has 26 heavy (non-hydrogen) atoms. The fourth-order valence-electron chi connectivity index (χ4n) is 3.04. The van der Waals surface area contributed by atoms with Gasteiger partial charge in [0.25, 0.3) is 0 Å². The van der Waals surface area contributed by atoms with E-state index in [-0.39, 0.29) is 11.9 Å². The van der Waals surface area contributed by atoms with Crippen LogP contribution >= 0.6 is 12.2 Å². The van der Waals surface area contributed by atoms with Crippen LogP contribution in [0.5, 0.6) is 5.75 Å². The maximum Gasteiger partial charge on any atom is 0.231 e. The molecule has 1 aliphatic rings. The average Bonchev–Trinajstić information content (AvgIpc) is 2.66. The van der Waals surface area contributed by atoms with E-state index in [0.717, 1.165) is 22.6 Å². The van der Waals surface area contributed by atoms with Crippen molar-refractivity contribution in [3.05, 3.63) is 65.7 Å². The van der Waals surface area contributed by atoms with Crippen LogP contribution in [-0.4, -0.2) is 23.8 Å². The van der Waals surface area contributed by atoms with Gasteiger partial charge >= 0.3 is 0 Å². The molecule has 0 spiro atoms. The van der Waals surface area contributed by atoms with Gasteiger partial charge in [0.2, 0.25) is 5.91 Å². The van der Waals surface area contributed by atoms with Crippen LogP contribution in [0.1, 0.15) is 24.1 Å². The molecule has 0 bridgehead atoms. The Hall–Kier alpha value is -2.73. The van der Waals surface area contributed by atoms with Gasteiger partial charge in [0.1, 0.15) is 11.7 Å². The molecule has 0 aromatic heterocycles. The Morgan fingerprint density at radius 2 is 1.88 bits per heavy atom. The Kier molecular flexibility index (Phi) is 5.63. The molecule has 0 saturated carbocycles. The van der Waals surface area contributed by atoms with Gasteiger partial charge in [0.05, 0.1) is 13.2 Å². The summed E-state index contributed by atoms with van der Waals surface area (Å²) in [5.74, 6) is 0.297. The van der Waals surface area contributed by atoms with Crippen LogP contribution in [0.25, 0.3) is 0 Å². The summed E-state index contributed by atoms with van der Waals surface area (Å²) in [6.07, 6.45) is 0. The third kappa shape index (κ3) is 4.08. The molecule has 2 unspecified atom stereocenters. The van der Waals surface area contributed by atoms with Gasteiger partial charge in [-0.1, -0.05) is 42.5 Å². The fraction of sp³-hybridized carbons (Fsp3) is 0.250. The minimum Gasteiger partial charge on any atom is -0.497 e. The van der Waals surface area contributed by atoms with Crippen LogP contribution in [0.15, 0.2) is 59.6 Å². The standard InChI is InChI=1S/C20H21N3O2S/c1-13-17(18(23-20(26)22-13)15-6-4-3-5-7-15)19(24)21-12-14-8-10-16(25-2)11-9-14/h3-11,17-18H,12H2,1-2H3,(H,21,24)(H,23,26).